The number of rotatable bonds is 10. The number of carbonyl (C=O) groups is 4. The van der Waals surface area contributed by atoms with Crippen molar-refractivity contribution in [1.29, 1.82) is 0 Å². The first-order valence-corrected chi connectivity index (χ1v) is 14.4. The van der Waals surface area contributed by atoms with Gasteiger partial charge in [-0.1, -0.05) is 13.8 Å². The molecule has 4 rings (SSSR count). The number of primary amides is 1. The highest BCUT2D eigenvalue weighted by atomic mass is 19.1. The number of ketones is 1. The highest BCUT2D eigenvalue weighted by Crippen LogP contribution is 2.39. The predicted molar refractivity (Wildman–Crippen MR) is 156 cm³/mol. The Kier molecular flexibility index (Phi) is 9.03. The summed E-state index contributed by atoms with van der Waals surface area (Å²) in [5.41, 5.74) is 7.86. The van der Waals surface area contributed by atoms with Crippen LogP contribution in [0, 0.1) is 18.2 Å². The SMILES string of the molecule is CC(=O)OC(CC(=O)OC1CC(Nc2cc(-n3cc(C)c4c3CC(C)(C)CC4=O)cc(F)c2C(N)=O)CO1)C[N+](C)(C)C. The third-order valence-electron chi connectivity index (χ3n) is 7.52. The van der Waals surface area contributed by atoms with Crippen molar-refractivity contribution in [2.45, 2.75) is 71.8 Å². The van der Waals surface area contributed by atoms with Gasteiger partial charge in [0.05, 0.1) is 57.2 Å². The van der Waals surface area contributed by atoms with Gasteiger partial charge in [0.15, 0.2) is 11.9 Å². The molecule has 1 aliphatic carbocycles. The van der Waals surface area contributed by atoms with Crippen molar-refractivity contribution in [3.05, 3.63) is 46.5 Å². The molecule has 11 nitrogen and oxygen atoms in total. The third kappa shape index (κ3) is 7.80. The first-order valence-electron chi connectivity index (χ1n) is 14.4. The summed E-state index contributed by atoms with van der Waals surface area (Å²) in [4.78, 5) is 49.4. The van der Waals surface area contributed by atoms with Crippen LogP contribution in [0.5, 0.6) is 0 Å². The number of anilines is 1. The number of likely N-dealkylation sites (N-methyl/N-ethyl adjacent to an activating group) is 1. The molecular weight excluding hydrogens is 559 g/mol. The van der Waals surface area contributed by atoms with E-state index in [1.807, 2.05) is 48.1 Å². The fourth-order valence-electron chi connectivity index (χ4n) is 5.97. The zero-order valence-corrected chi connectivity index (χ0v) is 25.9. The Morgan fingerprint density at radius 3 is 2.56 bits per heavy atom. The van der Waals surface area contributed by atoms with Crippen LogP contribution in [0.2, 0.25) is 0 Å². The Hall–Kier alpha value is -3.77. The number of halogens is 1. The molecule has 234 valence electrons. The monoisotopic (exact) mass is 601 g/mol. The van der Waals surface area contributed by atoms with E-state index in [0.29, 0.717) is 35.1 Å². The number of carbonyl (C=O) groups excluding carboxylic acids is 4. The summed E-state index contributed by atoms with van der Waals surface area (Å²) < 4.78 is 34.1. The van der Waals surface area contributed by atoms with Crippen LogP contribution in [0.25, 0.3) is 5.69 Å². The lowest BCUT2D eigenvalue weighted by molar-refractivity contribution is -0.873. The van der Waals surface area contributed by atoms with E-state index >= 15 is 4.39 Å². The van der Waals surface area contributed by atoms with Gasteiger partial charge in [-0.05, 0) is 36.5 Å². The smallest absolute Gasteiger partial charge is 0.312 e. The minimum absolute atomic E-state index is 0.0513. The van der Waals surface area contributed by atoms with Crippen LogP contribution in [-0.4, -0.2) is 85.4 Å². The van der Waals surface area contributed by atoms with Gasteiger partial charge in [-0.3, -0.25) is 19.2 Å². The molecule has 1 fully saturated rings. The van der Waals surface area contributed by atoms with E-state index in [4.69, 9.17) is 19.9 Å². The second-order valence-electron chi connectivity index (χ2n) is 13.4. The van der Waals surface area contributed by atoms with Crippen LogP contribution >= 0.6 is 0 Å². The molecule has 1 amide bonds. The van der Waals surface area contributed by atoms with E-state index in [0.717, 1.165) is 11.3 Å². The molecular formula is C31H42FN4O7+. The number of hydrogen-bond acceptors (Lipinski definition) is 8. The van der Waals surface area contributed by atoms with Gasteiger partial charge in [-0.25, -0.2) is 4.39 Å². The van der Waals surface area contributed by atoms with Crippen molar-refractivity contribution in [2.75, 3.05) is 39.6 Å². The van der Waals surface area contributed by atoms with E-state index in [1.54, 1.807) is 10.6 Å². The van der Waals surface area contributed by atoms with E-state index in [2.05, 4.69) is 5.32 Å². The van der Waals surface area contributed by atoms with Crippen molar-refractivity contribution in [2.24, 2.45) is 11.1 Å². The van der Waals surface area contributed by atoms with Gasteiger partial charge in [0.25, 0.3) is 5.91 Å². The molecule has 3 unspecified atom stereocenters. The Labute approximate surface area is 251 Å². The van der Waals surface area contributed by atoms with Crippen LogP contribution in [-0.2, 0) is 30.2 Å². The van der Waals surface area contributed by atoms with Crippen LogP contribution in [0.3, 0.4) is 0 Å². The molecule has 2 aliphatic rings. The van der Waals surface area contributed by atoms with E-state index < -0.39 is 42.1 Å². The number of esters is 2. The maximum Gasteiger partial charge on any atom is 0.312 e. The van der Waals surface area contributed by atoms with Crippen molar-refractivity contribution < 1.29 is 42.3 Å². The molecule has 1 aliphatic heterocycles. The largest absolute Gasteiger partial charge is 0.456 e. The Morgan fingerprint density at radius 1 is 1.23 bits per heavy atom. The molecule has 3 N–H and O–H groups in total. The second kappa shape index (κ2) is 12.1. The zero-order valence-electron chi connectivity index (χ0n) is 25.9. The number of hydrogen-bond donors (Lipinski definition) is 2. The van der Waals surface area contributed by atoms with Gasteiger partial charge >= 0.3 is 11.9 Å². The van der Waals surface area contributed by atoms with Crippen molar-refractivity contribution in [3.8, 4) is 5.69 Å². The standard InChI is InChI=1S/C31H41FN4O7/c1-17-14-35(24-12-31(3,4)13-25(38)28(17)24)20-9-22(32)29(30(33)40)23(10-20)34-19-8-27(41-16-19)43-26(39)11-21(42-18(2)37)15-36(5,6)7/h9-10,14,19,21,27H,8,11-13,15-16H2,1-7H3,(H2-,33,34,40)/p+1. The highest BCUT2D eigenvalue weighted by Gasteiger charge is 2.36. The molecule has 0 spiro atoms. The number of nitrogens with one attached hydrogen (secondary N) is 1. The molecule has 0 bridgehead atoms. The van der Waals surface area contributed by atoms with Gasteiger partial charge in [0.1, 0.15) is 12.4 Å². The number of aromatic nitrogens is 1. The summed E-state index contributed by atoms with van der Waals surface area (Å²) >= 11 is 0. The van der Waals surface area contributed by atoms with Crippen LogP contribution in [0.1, 0.15) is 72.0 Å². The first-order chi connectivity index (χ1) is 19.9. The average molecular weight is 602 g/mol. The molecule has 1 saturated heterocycles. The normalized spacial score (nSPS) is 20.3. The molecule has 1 aromatic heterocycles. The van der Waals surface area contributed by atoms with Gasteiger partial charge in [-0.15, -0.1) is 0 Å². The van der Waals surface area contributed by atoms with Gasteiger partial charge in [-0.2, -0.15) is 0 Å². The molecule has 2 heterocycles. The van der Waals surface area contributed by atoms with Crippen LogP contribution in [0.15, 0.2) is 18.3 Å². The molecule has 0 saturated carbocycles. The lowest BCUT2D eigenvalue weighted by atomic mass is 9.75. The summed E-state index contributed by atoms with van der Waals surface area (Å²) in [5, 5.41) is 3.15. The number of benzene rings is 1. The summed E-state index contributed by atoms with van der Waals surface area (Å²) in [6, 6.07) is 2.44. The Balaban J connectivity index is 1.51. The Bertz CT molecular complexity index is 1440. The van der Waals surface area contributed by atoms with E-state index in [-0.39, 0.29) is 41.9 Å². The molecule has 43 heavy (non-hydrogen) atoms. The lowest BCUT2D eigenvalue weighted by Crippen LogP contribution is -2.44. The second-order valence-corrected chi connectivity index (χ2v) is 13.4. The third-order valence-corrected chi connectivity index (χ3v) is 7.52. The number of Topliss-reactive ketones (excluding diaryl/α,β-unsaturated/α-hetero) is 1. The first kappa shape index (κ1) is 32.2. The maximum absolute atomic E-state index is 15.4. The van der Waals surface area contributed by atoms with Gasteiger partial charge in [0.2, 0.25) is 6.29 Å². The lowest BCUT2D eigenvalue weighted by Gasteiger charge is -2.30. The van der Waals surface area contributed by atoms with E-state index in [1.165, 1.54) is 13.0 Å². The van der Waals surface area contributed by atoms with Crippen molar-refractivity contribution in [1.82, 2.24) is 4.57 Å². The summed E-state index contributed by atoms with van der Waals surface area (Å²) in [6.07, 6.45) is 1.41. The van der Waals surface area contributed by atoms with Gasteiger partial charge < -0.3 is 34.3 Å². The topological polar surface area (TPSA) is 139 Å². The molecule has 2 aromatic rings. The van der Waals surface area contributed by atoms with Gasteiger partial charge in [0, 0.05) is 37.2 Å². The number of nitrogens with two attached hydrogens (primary N) is 1. The molecule has 1 aromatic carbocycles. The van der Waals surface area contributed by atoms with Crippen LogP contribution in [0.4, 0.5) is 10.1 Å². The number of aryl methyl sites for hydroxylation is 1. The number of quaternary nitrogens is 1. The predicted octanol–water partition coefficient (Wildman–Crippen LogP) is 3.28. The summed E-state index contributed by atoms with van der Waals surface area (Å²) in [6.45, 7) is 7.72. The quantitative estimate of drug-likeness (QED) is 0.313. The molecule has 3 atom stereocenters. The van der Waals surface area contributed by atoms with E-state index in [9.17, 15) is 19.2 Å². The van der Waals surface area contributed by atoms with Crippen LogP contribution < -0.4 is 11.1 Å². The van der Waals surface area contributed by atoms with Crippen molar-refractivity contribution >= 4 is 29.3 Å². The number of ether oxygens (including phenoxy) is 3. The average Bonchev–Trinajstić information content (AvgIpc) is 3.39. The highest BCUT2D eigenvalue weighted by molar-refractivity contribution is 6.01. The molecule has 12 heteroatoms. The number of amides is 1. The minimum atomic E-state index is -0.941. The Morgan fingerprint density at radius 2 is 1.93 bits per heavy atom. The zero-order chi connectivity index (χ0) is 31.9. The summed E-state index contributed by atoms with van der Waals surface area (Å²) in [5.74, 6) is -2.76. The number of nitrogens with zero attached hydrogens (tertiary/aromatic N) is 2. The fraction of sp³-hybridized carbons (Fsp3) is 0.548. The molecule has 0 radical (unpaired) electrons. The van der Waals surface area contributed by atoms with Crippen molar-refractivity contribution in [3.63, 3.8) is 0 Å². The number of fused-ring (bicyclic) bond motifs is 1. The minimum Gasteiger partial charge on any atom is -0.456 e. The fourth-order valence-corrected chi connectivity index (χ4v) is 5.97. The summed E-state index contributed by atoms with van der Waals surface area (Å²) in [7, 11) is 5.76. The maximum atomic E-state index is 15.4.